The number of rotatable bonds is 2. The summed E-state index contributed by atoms with van der Waals surface area (Å²) in [6, 6.07) is 10.1. The van der Waals surface area contributed by atoms with Crippen molar-refractivity contribution in [3.05, 3.63) is 48.9 Å². The zero-order valence-electron chi connectivity index (χ0n) is 11.5. The van der Waals surface area contributed by atoms with Gasteiger partial charge in [0.05, 0.1) is 17.7 Å². The van der Waals surface area contributed by atoms with Crippen molar-refractivity contribution < 1.29 is 5.11 Å². The van der Waals surface area contributed by atoms with Gasteiger partial charge in [-0.25, -0.2) is 4.98 Å². The molecule has 0 spiro atoms. The monoisotopic (exact) mass is 280 g/mol. The van der Waals surface area contributed by atoms with E-state index in [4.69, 9.17) is 0 Å². The molecular formula is C16H16N4O. The molecule has 0 saturated carbocycles. The van der Waals surface area contributed by atoms with E-state index in [9.17, 15) is 5.11 Å². The lowest BCUT2D eigenvalue weighted by Crippen LogP contribution is -2.22. The number of nitrogens with one attached hydrogen (secondary N) is 1. The Labute approximate surface area is 122 Å². The molecule has 2 atom stereocenters. The smallest absolute Gasteiger partial charge is 0.140 e. The molecule has 0 bridgehead atoms. The Hall–Kier alpha value is -2.24. The van der Waals surface area contributed by atoms with Gasteiger partial charge in [0.15, 0.2) is 0 Å². The Morgan fingerprint density at radius 3 is 2.95 bits per heavy atom. The van der Waals surface area contributed by atoms with Gasteiger partial charge in [-0.15, -0.1) is 0 Å². The highest BCUT2D eigenvalue weighted by atomic mass is 16.3. The molecule has 4 rings (SSSR count). The molecule has 1 aliphatic rings. The standard InChI is InChI=1S/C16H16N4O/c21-15-10-17-9-14(15)20-7-6-19-16(20)12-3-4-13-11(8-12)2-1-5-18-13/h1-8,14-15,17,21H,9-10H2/t14-,15+/m0/s1. The topological polar surface area (TPSA) is 63.0 Å². The Morgan fingerprint density at radius 1 is 1.14 bits per heavy atom. The van der Waals surface area contributed by atoms with Crippen molar-refractivity contribution >= 4 is 10.9 Å². The molecule has 21 heavy (non-hydrogen) atoms. The van der Waals surface area contributed by atoms with E-state index in [1.54, 1.807) is 12.4 Å². The molecule has 106 valence electrons. The Balaban J connectivity index is 1.80. The van der Waals surface area contributed by atoms with Gasteiger partial charge in [-0.3, -0.25) is 4.98 Å². The van der Waals surface area contributed by atoms with Crippen LogP contribution >= 0.6 is 0 Å². The summed E-state index contributed by atoms with van der Waals surface area (Å²) in [6.07, 6.45) is 5.14. The van der Waals surface area contributed by atoms with Crippen molar-refractivity contribution in [2.24, 2.45) is 0 Å². The lowest BCUT2D eigenvalue weighted by molar-refractivity contribution is 0.151. The van der Waals surface area contributed by atoms with Crippen molar-refractivity contribution in [2.45, 2.75) is 12.1 Å². The summed E-state index contributed by atoms with van der Waals surface area (Å²) in [5.41, 5.74) is 2.02. The largest absolute Gasteiger partial charge is 0.390 e. The number of aromatic nitrogens is 3. The third-order valence-corrected chi connectivity index (χ3v) is 4.04. The van der Waals surface area contributed by atoms with Gasteiger partial charge in [0, 0.05) is 42.6 Å². The lowest BCUT2D eigenvalue weighted by atomic mass is 10.1. The number of aliphatic hydroxyl groups is 1. The predicted molar refractivity (Wildman–Crippen MR) is 80.9 cm³/mol. The lowest BCUT2D eigenvalue weighted by Gasteiger charge is -2.18. The second kappa shape index (κ2) is 4.95. The van der Waals surface area contributed by atoms with Crippen molar-refractivity contribution in [3.63, 3.8) is 0 Å². The third-order valence-electron chi connectivity index (χ3n) is 4.04. The second-order valence-electron chi connectivity index (χ2n) is 5.36. The average molecular weight is 280 g/mol. The van der Waals surface area contributed by atoms with E-state index >= 15 is 0 Å². The zero-order valence-corrected chi connectivity index (χ0v) is 11.5. The number of β-amino-alcohol motifs (C(OH)–C–C–N with tert-alkyl or cyclic N) is 1. The highest BCUT2D eigenvalue weighted by Gasteiger charge is 2.28. The molecule has 2 aromatic heterocycles. The summed E-state index contributed by atoms with van der Waals surface area (Å²) >= 11 is 0. The minimum atomic E-state index is -0.375. The fourth-order valence-corrected chi connectivity index (χ4v) is 2.95. The third kappa shape index (κ3) is 2.11. The molecule has 0 unspecified atom stereocenters. The summed E-state index contributed by atoms with van der Waals surface area (Å²) in [5, 5.41) is 14.4. The molecule has 0 aliphatic carbocycles. The molecule has 0 amide bonds. The molecule has 1 fully saturated rings. The molecule has 5 nitrogen and oxygen atoms in total. The van der Waals surface area contributed by atoms with Gasteiger partial charge in [-0.2, -0.15) is 0 Å². The number of nitrogens with zero attached hydrogens (tertiary/aromatic N) is 3. The summed E-state index contributed by atoms with van der Waals surface area (Å²) in [4.78, 5) is 8.81. The van der Waals surface area contributed by atoms with Crippen molar-refractivity contribution in [2.75, 3.05) is 13.1 Å². The van der Waals surface area contributed by atoms with Crippen molar-refractivity contribution in [1.82, 2.24) is 19.9 Å². The molecular weight excluding hydrogens is 264 g/mol. The van der Waals surface area contributed by atoms with Crippen LogP contribution in [0.1, 0.15) is 6.04 Å². The molecule has 2 N–H and O–H groups in total. The Kier molecular flexibility index (Phi) is 2.94. The van der Waals surface area contributed by atoms with Gasteiger partial charge < -0.3 is 15.0 Å². The van der Waals surface area contributed by atoms with Gasteiger partial charge in [0.1, 0.15) is 5.82 Å². The molecule has 3 aromatic rings. The number of aliphatic hydroxyl groups excluding tert-OH is 1. The maximum Gasteiger partial charge on any atom is 0.140 e. The van der Waals surface area contributed by atoms with E-state index in [2.05, 4.69) is 25.9 Å². The highest BCUT2D eigenvalue weighted by Crippen LogP contribution is 2.26. The summed E-state index contributed by atoms with van der Waals surface area (Å²) in [7, 11) is 0. The minimum absolute atomic E-state index is 0.0343. The van der Waals surface area contributed by atoms with Gasteiger partial charge in [0.2, 0.25) is 0 Å². The first-order valence-electron chi connectivity index (χ1n) is 7.10. The molecule has 1 aromatic carbocycles. The van der Waals surface area contributed by atoms with Crippen molar-refractivity contribution in [3.8, 4) is 11.4 Å². The summed E-state index contributed by atoms with van der Waals surface area (Å²) in [5.74, 6) is 0.883. The fourth-order valence-electron chi connectivity index (χ4n) is 2.95. The van der Waals surface area contributed by atoms with Gasteiger partial charge in [-0.05, 0) is 24.3 Å². The van der Waals surface area contributed by atoms with Crippen LogP contribution in [0.4, 0.5) is 0 Å². The zero-order chi connectivity index (χ0) is 14.2. The maximum absolute atomic E-state index is 10.1. The van der Waals surface area contributed by atoms with E-state index in [-0.39, 0.29) is 12.1 Å². The quantitative estimate of drug-likeness (QED) is 0.748. The molecule has 1 aliphatic heterocycles. The minimum Gasteiger partial charge on any atom is -0.390 e. The number of fused-ring (bicyclic) bond motifs is 1. The summed E-state index contributed by atoms with van der Waals surface area (Å²) < 4.78 is 2.06. The van der Waals surface area contributed by atoms with Crippen LogP contribution in [0, 0.1) is 0 Å². The maximum atomic E-state index is 10.1. The van der Waals surface area contributed by atoms with Crippen LogP contribution < -0.4 is 5.32 Å². The van der Waals surface area contributed by atoms with Crippen molar-refractivity contribution in [1.29, 1.82) is 0 Å². The van der Waals surface area contributed by atoms with E-state index in [0.29, 0.717) is 6.54 Å². The van der Waals surface area contributed by atoms with Crippen LogP contribution in [0.2, 0.25) is 0 Å². The van der Waals surface area contributed by atoms with Crippen LogP contribution in [0.25, 0.3) is 22.3 Å². The second-order valence-corrected chi connectivity index (χ2v) is 5.36. The van der Waals surface area contributed by atoms with Gasteiger partial charge in [-0.1, -0.05) is 6.07 Å². The first kappa shape index (κ1) is 12.5. The van der Waals surface area contributed by atoms with E-state index in [1.807, 2.05) is 30.5 Å². The molecule has 5 heteroatoms. The van der Waals surface area contributed by atoms with Crippen LogP contribution in [0.5, 0.6) is 0 Å². The Bertz CT molecular complexity index is 783. The van der Waals surface area contributed by atoms with Crippen LogP contribution in [0.3, 0.4) is 0 Å². The predicted octanol–water partition coefficient (Wildman–Crippen LogP) is 1.60. The van der Waals surface area contributed by atoms with Crippen LogP contribution in [-0.2, 0) is 0 Å². The Morgan fingerprint density at radius 2 is 2.10 bits per heavy atom. The first-order chi connectivity index (χ1) is 10.3. The molecule has 0 radical (unpaired) electrons. The van der Waals surface area contributed by atoms with E-state index in [0.717, 1.165) is 28.8 Å². The number of benzene rings is 1. The molecule has 3 heterocycles. The first-order valence-corrected chi connectivity index (χ1v) is 7.10. The van der Waals surface area contributed by atoms with E-state index < -0.39 is 0 Å². The summed E-state index contributed by atoms with van der Waals surface area (Å²) in [6.45, 7) is 1.39. The molecule has 1 saturated heterocycles. The number of hydrogen-bond donors (Lipinski definition) is 2. The van der Waals surface area contributed by atoms with Crippen LogP contribution in [0.15, 0.2) is 48.9 Å². The number of imidazole rings is 1. The highest BCUT2D eigenvalue weighted by molar-refractivity contribution is 5.83. The fraction of sp³-hybridized carbons (Fsp3) is 0.250. The van der Waals surface area contributed by atoms with Crippen LogP contribution in [-0.4, -0.2) is 38.8 Å². The van der Waals surface area contributed by atoms with Gasteiger partial charge in [0.25, 0.3) is 0 Å². The number of hydrogen-bond acceptors (Lipinski definition) is 4. The number of pyridine rings is 1. The van der Waals surface area contributed by atoms with Gasteiger partial charge >= 0.3 is 0 Å². The SMILES string of the molecule is O[C@@H]1CNC[C@@H]1n1ccnc1-c1ccc2ncccc2c1. The van der Waals surface area contributed by atoms with E-state index in [1.165, 1.54) is 0 Å². The normalized spacial score (nSPS) is 22.0. The average Bonchev–Trinajstić information content (AvgIpc) is 3.15.